The van der Waals surface area contributed by atoms with E-state index in [0.717, 1.165) is 15.4 Å². The number of aryl methyl sites for hydroxylation is 3. The summed E-state index contributed by atoms with van der Waals surface area (Å²) >= 11 is 0. The van der Waals surface area contributed by atoms with Gasteiger partial charge in [-0.05, 0) is 61.7 Å². The Morgan fingerprint density at radius 3 is 2.33 bits per heavy atom. The van der Waals surface area contributed by atoms with E-state index in [0.29, 0.717) is 23.5 Å². The first-order valence-electron chi connectivity index (χ1n) is 9.35. The van der Waals surface area contributed by atoms with Crippen molar-refractivity contribution in [3.05, 3.63) is 71.3 Å². The van der Waals surface area contributed by atoms with E-state index in [4.69, 9.17) is 4.74 Å². The van der Waals surface area contributed by atoms with Crippen molar-refractivity contribution in [3.8, 4) is 5.75 Å². The SMILES string of the molecule is C=CCOc1ccc(/C=N\NC(=O)CN(C)S(=O)(=O)c2c(C)cc(C)cc2C)cc1. The van der Waals surface area contributed by atoms with Crippen LogP contribution in [-0.2, 0) is 14.8 Å². The molecule has 0 aliphatic rings. The average molecular weight is 430 g/mol. The highest BCUT2D eigenvalue weighted by atomic mass is 32.2. The summed E-state index contributed by atoms with van der Waals surface area (Å²) in [5.74, 6) is 0.162. The Hall–Kier alpha value is -2.97. The molecule has 160 valence electrons. The van der Waals surface area contributed by atoms with Crippen LogP contribution in [0.2, 0.25) is 0 Å². The molecule has 2 aromatic carbocycles. The van der Waals surface area contributed by atoms with Gasteiger partial charge in [0.2, 0.25) is 10.0 Å². The molecule has 0 atom stereocenters. The highest BCUT2D eigenvalue weighted by molar-refractivity contribution is 7.89. The van der Waals surface area contributed by atoms with E-state index in [-0.39, 0.29) is 11.4 Å². The average Bonchev–Trinajstić information content (AvgIpc) is 2.66. The summed E-state index contributed by atoms with van der Waals surface area (Å²) < 4.78 is 32.2. The van der Waals surface area contributed by atoms with Gasteiger partial charge in [0.1, 0.15) is 12.4 Å². The predicted octanol–water partition coefficient (Wildman–Crippen LogP) is 2.95. The minimum atomic E-state index is -3.80. The van der Waals surface area contributed by atoms with Gasteiger partial charge in [0.05, 0.1) is 17.7 Å². The van der Waals surface area contributed by atoms with Gasteiger partial charge in [0.25, 0.3) is 5.91 Å². The van der Waals surface area contributed by atoms with E-state index in [1.54, 1.807) is 44.2 Å². The maximum absolute atomic E-state index is 12.9. The van der Waals surface area contributed by atoms with Crippen molar-refractivity contribution < 1.29 is 17.9 Å². The molecule has 0 saturated carbocycles. The van der Waals surface area contributed by atoms with Crippen LogP contribution in [0, 0.1) is 20.8 Å². The molecule has 0 aliphatic carbocycles. The van der Waals surface area contributed by atoms with Crippen molar-refractivity contribution in [2.75, 3.05) is 20.2 Å². The Balaban J connectivity index is 1.99. The highest BCUT2D eigenvalue weighted by Crippen LogP contribution is 2.24. The van der Waals surface area contributed by atoms with Crippen molar-refractivity contribution >= 4 is 22.1 Å². The number of amides is 1. The van der Waals surface area contributed by atoms with E-state index in [9.17, 15) is 13.2 Å². The number of carbonyl (C=O) groups excluding carboxylic acids is 1. The number of ether oxygens (including phenoxy) is 1. The molecule has 0 radical (unpaired) electrons. The lowest BCUT2D eigenvalue weighted by Crippen LogP contribution is -2.37. The number of nitrogens with zero attached hydrogens (tertiary/aromatic N) is 2. The summed E-state index contributed by atoms with van der Waals surface area (Å²) in [5.41, 5.74) is 5.40. The first-order valence-corrected chi connectivity index (χ1v) is 10.8. The van der Waals surface area contributed by atoms with E-state index < -0.39 is 15.9 Å². The zero-order chi connectivity index (χ0) is 22.3. The smallest absolute Gasteiger partial charge is 0.255 e. The molecule has 0 unspecified atom stereocenters. The molecule has 2 aromatic rings. The van der Waals surface area contributed by atoms with Gasteiger partial charge in [-0.2, -0.15) is 9.41 Å². The number of hydrogen-bond donors (Lipinski definition) is 1. The van der Waals surface area contributed by atoms with E-state index >= 15 is 0 Å². The molecule has 0 heterocycles. The molecular weight excluding hydrogens is 402 g/mol. The normalized spacial score (nSPS) is 11.6. The molecule has 1 amide bonds. The van der Waals surface area contributed by atoms with Crippen LogP contribution in [0.4, 0.5) is 0 Å². The van der Waals surface area contributed by atoms with E-state index in [1.807, 2.05) is 19.1 Å². The van der Waals surface area contributed by atoms with Crippen molar-refractivity contribution in [2.45, 2.75) is 25.7 Å². The maximum Gasteiger partial charge on any atom is 0.255 e. The fourth-order valence-electron chi connectivity index (χ4n) is 3.04. The van der Waals surface area contributed by atoms with Crippen LogP contribution < -0.4 is 10.2 Å². The summed E-state index contributed by atoms with van der Waals surface area (Å²) in [6, 6.07) is 10.7. The topological polar surface area (TPSA) is 88.1 Å². The van der Waals surface area contributed by atoms with Gasteiger partial charge in [-0.1, -0.05) is 30.4 Å². The fourth-order valence-corrected chi connectivity index (χ4v) is 4.57. The van der Waals surface area contributed by atoms with Gasteiger partial charge in [-0.25, -0.2) is 13.8 Å². The van der Waals surface area contributed by atoms with Crippen LogP contribution in [-0.4, -0.2) is 45.0 Å². The zero-order valence-electron chi connectivity index (χ0n) is 17.7. The molecule has 30 heavy (non-hydrogen) atoms. The standard InChI is InChI=1S/C22H27N3O4S/c1-6-11-29-20-9-7-19(8-10-20)14-23-24-21(26)15-25(5)30(27,28)22-17(3)12-16(2)13-18(22)4/h6-10,12-14H,1,11,15H2,2-5H3,(H,24,26)/b23-14-. The maximum atomic E-state index is 12.9. The number of hydrazone groups is 1. The van der Waals surface area contributed by atoms with Crippen LogP contribution >= 0.6 is 0 Å². The molecule has 7 nitrogen and oxygen atoms in total. The number of benzene rings is 2. The number of carbonyl (C=O) groups is 1. The zero-order valence-corrected chi connectivity index (χ0v) is 18.5. The van der Waals surface area contributed by atoms with Crippen LogP contribution in [0.15, 0.2) is 59.1 Å². The number of hydrogen-bond acceptors (Lipinski definition) is 5. The van der Waals surface area contributed by atoms with Gasteiger partial charge < -0.3 is 4.74 Å². The molecule has 2 rings (SSSR count). The van der Waals surface area contributed by atoms with Crippen molar-refractivity contribution in [2.24, 2.45) is 5.10 Å². The second-order valence-electron chi connectivity index (χ2n) is 6.95. The quantitative estimate of drug-likeness (QED) is 0.377. The summed E-state index contributed by atoms with van der Waals surface area (Å²) in [7, 11) is -2.43. The highest BCUT2D eigenvalue weighted by Gasteiger charge is 2.26. The van der Waals surface area contributed by atoms with Gasteiger partial charge in [-0.15, -0.1) is 0 Å². The number of sulfonamides is 1. The Morgan fingerprint density at radius 2 is 1.77 bits per heavy atom. The largest absolute Gasteiger partial charge is 0.490 e. The summed E-state index contributed by atoms with van der Waals surface area (Å²) in [6.07, 6.45) is 3.13. The molecule has 0 aromatic heterocycles. The van der Waals surface area contributed by atoms with E-state index in [1.165, 1.54) is 13.3 Å². The third-order valence-electron chi connectivity index (χ3n) is 4.29. The third kappa shape index (κ3) is 6.01. The molecule has 0 saturated heterocycles. The minimum Gasteiger partial charge on any atom is -0.490 e. The lowest BCUT2D eigenvalue weighted by atomic mass is 10.1. The Morgan fingerprint density at radius 1 is 1.17 bits per heavy atom. The monoisotopic (exact) mass is 429 g/mol. The fraction of sp³-hybridized carbons (Fsp3) is 0.273. The number of nitrogens with one attached hydrogen (secondary N) is 1. The molecule has 0 bridgehead atoms. The van der Waals surface area contributed by atoms with Crippen LogP contribution in [0.3, 0.4) is 0 Å². The molecule has 1 N–H and O–H groups in total. The lowest BCUT2D eigenvalue weighted by molar-refractivity contribution is -0.121. The van der Waals surface area contributed by atoms with Crippen molar-refractivity contribution in [3.63, 3.8) is 0 Å². The first kappa shape index (κ1) is 23.3. The third-order valence-corrected chi connectivity index (χ3v) is 6.40. The Bertz CT molecular complexity index is 1020. The van der Waals surface area contributed by atoms with Crippen molar-refractivity contribution in [1.82, 2.24) is 9.73 Å². The van der Waals surface area contributed by atoms with Crippen LogP contribution in [0.25, 0.3) is 0 Å². The second kappa shape index (κ2) is 10.2. The molecular formula is C22H27N3O4S. The molecule has 8 heteroatoms. The number of rotatable bonds is 9. The lowest BCUT2D eigenvalue weighted by Gasteiger charge is -2.19. The van der Waals surface area contributed by atoms with E-state index in [2.05, 4.69) is 17.1 Å². The first-order chi connectivity index (χ1) is 14.1. The molecule has 0 aliphatic heterocycles. The second-order valence-corrected chi connectivity index (χ2v) is 8.93. The van der Waals surface area contributed by atoms with Gasteiger partial charge in [-0.3, -0.25) is 4.79 Å². The molecule has 0 spiro atoms. The summed E-state index contributed by atoms with van der Waals surface area (Å²) in [4.78, 5) is 12.4. The van der Waals surface area contributed by atoms with Crippen molar-refractivity contribution in [1.29, 1.82) is 0 Å². The van der Waals surface area contributed by atoms with Gasteiger partial charge in [0.15, 0.2) is 0 Å². The number of likely N-dealkylation sites (N-methyl/N-ethyl adjacent to an activating group) is 1. The van der Waals surface area contributed by atoms with Crippen LogP contribution in [0.1, 0.15) is 22.3 Å². The summed E-state index contributed by atoms with van der Waals surface area (Å²) in [6.45, 7) is 9.07. The van der Waals surface area contributed by atoms with Gasteiger partial charge in [0, 0.05) is 7.05 Å². The van der Waals surface area contributed by atoms with Gasteiger partial charge >= 0.3 is 0 Å². The minimum absolute atomic E-state index is 0.227. The molecule has 0 fully saturated rings. The predicted molar refractivity (Wildman–Crippen MR) is 118 cm³/mol. The Labute approximate surface area is 178 Å². The summed E-state index contributed by atoms with van der Waals surface area (Å²) in [5, 5.41) is 3.88. The Kier molecular flexibility index (Phi) is 7.91. The van der Waals surface area contributed by atoms with Crippen LogP contribution in [0.5, 0.6) is 5.75 Å².